The number of amides is 2. The van der Waals surface area contributed by atoms with Crippen LogP contribution in [-0.4, -0.2) is 67.5 Å². The topological polar surface area (TPSA) is 129 Å². The van der Waals surface area contributed by atoms with Crippen LogP contribution in [-0.2, 0) is 28.0 Å². The molecule has 2 heterocycles. The SMILES string of the molecule is CC(=O)C(=N)c1cc(OCc2cc(C)n(C)n2)ccc1NCC(=O)N1CCCC1C(=O)NC(C)C1CC1(Cl)Cl. The number of aryl methyl sites for hydroxylation is 2. The second-order valence-electron chi connectivity index (χ2n) is 10.3. The highest BCUT2D eigenvalue weighted by Crippen LogP contribution is 2.54. The Morgan fingerprint density at radius 2 is 2.00 bits per heavy atom. The maximum absolute atomic E-state index is 13.1. The van der Waals surface area contributed by atoms with E-state index in [1.165, 1.54) is 6.92 Å². The van der Waals surface area contributed by atoms with Crippen molar-refractivity contribution in [3.63, 3.8) is 0 Å². The molecule has 2 amide bonds. The monoisotopic (exact) mass is 576 g/mol. The van der Waals surface area contributed by atoms with Gasteiger partial charge in [0.15, 0.2) is 5.78 Å². The second-order valence-corrected chi connectivity index (χ2v) is 11.8. The van der Waals surface area contributed by atoms with E-state index in [0.717, 1.165) is 17.8 Å². The van der Waals surface area contributed by atoms with Crippen LogP contribution in [0.3, 0.4) is 0 Å². The maximum atomic E-state index is 13.1. The highest BCUT2D eigenvalue weighted by molar-refractivity contribution is 6.51. The number of halogens is 2. The Kier molecular flexibility index (Phi) is 8.56. The minimum Gasteiger partial charge on any atom is -0.487 e. The van der Waals surface area contributed by atoms with Gasteiger partial charge in [-0.3, -0.25) is 24.5 Å². The van der Waals surface area contributed by atoms with Crippen LogP contribution in [0.5, 0.6) is 5.75 Å². The summed E-state index contributed by atoms with van der Waals surface area (Å²) in [5.41, 5.74) is 2.33. The number of hydrogen-bond acceptors (Lipinski definition) is 7. The molecule has 2 aliphatic rings. The number of ketones is 1. The van der Waals surface area contributed by atoms with Gasteiger partial charge in [0.1, 0.15) is 34.1 Å². The van der Waals surface area contributed by atoms with Crippen molar-refractivity contribution in [2.24, 2.45) is 13.0 Å². The molecule has 3 unspecified atom stereocenters. The lowest BCUT2D eigenvalue weighted by atomic mass is 10.0. The molecule has 3 N–H and O–H groups in total. The first-order chi connectivity index (χ1) is 18.4. The Bertz CT molecular complexity index is 1270. The molecule has 0 spiro atoms. The lowest BCUT2D eigenvalue weighted by molar-refractivity contribution is -0.137. The largest absolute Gasteiger partial charge is 0.487 e. The van der Waals surface area contributed by atoms with Crippen molar-refractivity contribution in [3.05, 3.63) is 41.2 Å². The molecule has 0 radical (unpaired) electrons. The first-order valence-corrected chi connectivity index (χ1v) is 13.7. The first-order valence-electron chi connectivity index (χ1n) is 12.9. The van der Waals surface area contributed by atoms with Gasteiger partial charge in [0, 0.05) is 49.4 Å². The third kappa shape index (κ3) is 6.73. The number of anilines is 1. The zero-order valence-electron chi connectivity index (χ0n) is 22.5. The maximum Gasteiger partial charge on any atom is 0.243 e. The molecule has 0 bridgehead atoms. The zero-order valence-corrected chi connectivity index (χ0v) is 24.0. The van der Waals surface area contributed by atoms with E-state index in [1.54, 1.807) is 27.8 Å². The van der Waals surface area contributed by atoms with Crippen LogP contribution in [0.4, 0.5) is 5.69 Å². The number of carbonyl (C=O) groups is 3. The van der Waals surface area contributed by atoms with Crippen molar-refractivity contribution < 1.29 is 19.1 Å². The van der Waals surface area contributed by atoms with E-state index in [4.69, 9.17) is 33.3 Å². The summed E-state index contributed by atoms with van der Waals surface area (Å²) >= 11 is 12.3. The third-order valence-corrected chi connectivity index (χ3v) is 8.19. The van der Waals surface area contributed by atoms with Crippen molar-refractivity contribution >= 4 is 52.2 Å². The Hall–Kier alpha value is -3.11. The van der Waals surface area contributed by atoms with Crippen LogP contribution in [0.2, 0.25) is 0 Å². The summed E-state index contributed by atoms with van der Waals surface area (Å²) in [7, 11) is 1.85. The lowest BCUT2D eigenvalue weighted by Gasteiger charge is -2.26. The van der Waals surface area contributed by atoms with E-state index in [1.807, 2.05) is 27.0 Å². The number of benzene rings is 1. The normalized spacial score (nSPS) is 20.3. The van der Waals surface area contributed by atoms with E-state index in [9.17, 15) is 14.4 Å². The molecule has 1 saturated carbocycles. The van der Waals surface area contributed by atoms with Gasteiger partial charge >= 0.3 is 0 Å². The van der Waals surface area contributed by atoms with Gasteiger partial charge in [0.2, 0.25) is 11.8 Å². The molecule has 12 heteroatoms. The summed E-state index contributed by atoms with van der Waals surface area (Å²) in [4.78, 5) is 39.7. The molecular weight excluding hydrogens is 543 g/mol. The van der Waals surface area contributed by atoms with Gasteiger partial charge < -0.3 is 20.3 Å². The van der Waals surface area contributed by atoms with Crippen molar-refractivity contribution in [1.29, 1.82) is 5.41 Å². The molecule has 39 heavy (non-hydrogen) atoms. The summed E-state index contributed by atoms with van der Waals surface area (Å²) in [6.45, 7) is 5.74. The van der Waals surface area contributed by atoms with Gasteiger partial charge in [0.05, 0.1) is 6.54 Å². The van der Waals surface area contributed by atoms with Crippen LogP contribution >= 0.6 is 23.2 Å². The molecule has 2 fully saturated rings. The Balaban J connectivity index is 1.39. The summed E-state index contributed by atoms with van der Waals surface area (Å²) < 4.78 is 6.81. The number of likely N-dealkylation sites (tertiary alicyclic amines) is 1. The number of hydrogen-bond donors (Lipinski definition) is 3. The van der Waals surface area contributed by atoms with Crippen molar-refractivity contribution in [2.75, 3.05) is 18.4 Å². The predicted octanol–water partition coefficient (Wildman–Crippen LogP) is 3.37. The van der Waals surface area contributed by atoms with Gasteiger partial charge in [-0.25, -0.2) is 0 Å². The molecule has 3 atom stereocenters. The minimum absolute atomic E-state index is 0.00737. The first kappa shape index (κ1) is 28.9. The van der Waals surface area contributed by atoms with Crippen LogP contribution in [0.15, 0.2) is 24.3 Å². The quantitative estimate of drug-likeness (QED) is 0.278. The molecule has 1 aromatic carbocycles. The number of rotatable bonds is 11. The van der Waals surface area contributed by atoms with E-state index >= 15 is 0 Å². The number of Topliss-reactive ketones (excluding diaryl/α,β-unsaturated/α-hetero) is 1. The zero-order chi connectivity index (χ0) is 28.5. The Labute approximate surface area is 237 Å². The van der Waals surface area contributed by atoms with Crippen molar-refractivity contribution in [2.45, 2.75) is 63.1 Å². The average Bonchev–Trinajstić information content (AvgIpc) is 3.19. The predicted molar refractivity (Wildman–Crippen MR) is 150 cm³/mol. The van der Waals surface area contributed by atoms with Gasteiger partial charge in [-0.1, -0.05) is 0 Å². The number of alkyl halides is 2. The fraction of sp³-hybridized carbons (Fsp3) is 0.519. The van der Waals surface area contributed by atoms with Crippen LogP contribution in [0, 0.1) is 18.3 Å². The molecule has 10 nitrogen and oxygen atoms in total. The molecule has 4 rings (SSSR count). The van der Waals surface area contributed by atoms with E-state index in [2.05, 4.69) is 15.7 Å². The van der Waals surface area contributed by atoms with E-state index < -0.39 is 16.2 Å². The molecular formula is C27H34Cl2N6O4. The summed E-state index contributed by atoms with van der Waals surface area (Å²) in [5, 5.41) is 18.7. The van der Waals surface area contributed by atoms with Gasteiger partial charge in [0.25, 0.3) is 0 Å². The highest BCUT2D eigenvalue weighted by atomic mass is 35.5. The highest BCUT2D eigenvalue weighted by Gasteiger charge is 2.55. The van der Waals surface area contributed by atoms with E-state index in [-0.39, 0.29) is 42.6 Å². The van der Waals surface area contributed by atoms with Gasteiger partial charge in [-0.05, 0) is 57.4 Å². The van der Waals surface area contributed by atoms with Crippen molar-refractivity contribution in [3.8, 4) is 5.75 Å². The van der Waals surface area contributed by atoms with Crippen LogP contribution < -0.4 is 15.4 Å². The standard InChI is InChI=1S/C27H34Cl2N6O4/c1-15-10-18(33-34(15)4)14-39-19-7-8-22(20(11-19)25(30)17(3)36)31-13-24(37)35-9-5-6-23(35)26(38)32-16(2)21-12-27(21,28)29/h7-8,10-11,16,21,23,30-31H,5-6,9,12-14H2,1-4H3,(H,32,38). The minimum atomic E-state index is -0.800. The van der Waals surface area contributed by atoms with E-state index in [0.29, 0.717) is 36.4 Å². The number of nitrogens with zero attached hydrogens (tertiary/aromatic N) is 3. The third-order valence-electron chi connectivity index (χ3n) is 7.32. The smallest absolute Gasteiger partial charge is 0.243 e. The lowest BCUT2D eigenvalue weighted by Crippen LogP contribution is -2.50. The second kappa shape index (κ2) is 11.6. The fourth-order valence-electron chi connectivity index (χ4n) is 4.83. The number of nitrogens with one attached hydrogen (secondary N) is 3. The summed E-state index contributed by atoms with van der Waals surface area (Å²) in [5.74, 6) is -0.419. The number of carbonyl (C=O) groups excluding carboxylic acids is 3. The van der Waals surface area contributed by atoms with Gasteiger partial charge in [-0.2, -0.15) is 5.10 Å². The number of ether oxygens (including phenoxy) is 1. The molecule has 2 aromatic rings. The summed E-state index contributed by atoms with van der Waals surface area (Å²) in [6, 6.07) is 6.15. The Morgan fingerprint density at radius 1 is 1.28 bits per heavy atom. The molecule has 1 aromatic heterocycles. The van der Waals surface area contributed by atoms with Crippen LogP contribution in [0.25, 0.3) is 0 Å². The Morgan fingerprint density at radius 3 is 2.62 bits per heavy atom. The molecule has 210 valence electrons. The molecule has 1 saturated heterocycles. The molecule has 1 aliphatic carbocycles. The van der Waals surface area contributed by atoms with Crippen molar-refractivity contribution in [1.82, 2.24) is 20.0 Å². The fourth-order valence-corrected chi connectivity index (χ4v) is 5.55. The summed E-state index contributed by atoms with van der Waals surface area (Å²) in [6.07, 6.45) is 1.92. The van der Waals surface area contributed by atoms with Crippen LogP contribution in [0.1, 0.15) is 50.1 Å². The number of aromatic nitrogens is 2. The molecule has 1 aliphatic heterocycles. The average molecular weight is 578 g/mol. The van der Waals surface area contributed by atoms with Gasteiger partial charge in [-0.15, -0.1) is 23.2 Å².